The lowest BCUT2D eigenvalue weighted by Gasteiger charge is -2.56. The van der Waals surface area contributed by atoms with Gasteiger partial charge in [-0.1, -0.05) is 23.1 Å². The summed E-state index contributed by atoms with van der Waals surface area (Å²) in [5.41, 5.74) is 0.930. The molecule has 0 spiro atoms. The fourth-order valence-corrected chi connectivity index (χ4v) is 8.02. The molecule has 1 aromatic heterocycles. The van der Waals surface area contributed by atoms with Crippen molar-refractivity contribution >= 4 is 45.7 Å². The number of nitrogens with one attached hydrogen (secondary N) is 2. The summed E-state index contributed by atoms with van der Waals surface area (Å²) in [6, 6.07) is 7.29. The van der Waals surface area contributed by atoms with E-state index in [0.717, 1.165) is 29.2 Å². The van der Waals surface area contributed by atoms with E-state index in [1.54, 1.807) is 0 Å². The molecule has 4 bridgehead atoms. The van der Waals surface area contributed by atoms with E-state index in [-0.39, 0.29) is 23.0 Å². The molecule has 1 aromatic carbocycles. The third-order valence-electron chi connectivity index (χ3n) is 7.13. The van der Waals surface area contributed by atoms with Crippen molar-refractivity contribution in [3.63, 3.8) is 0 Å². The minimum absolute atomic E-state index is 0.0536. The first-order chi connectivity index (χ1) is 16.0. The SMILES string of the molecule is CCOc1ccc(NC(=O)CSc2nnc(NC(=O)CC34CC5CC(CC(C5)C3)C4)s2)cc1. The Morgan fingerprint density at radius 3 is 2.33 bits per heavy atom. The number of hydrogen-bond acceptors (Lipinski definition) is 7. The Hall–Kier alpha value is -2.13. The molecule has 9 heteroatoms. The number of carbonyl (C=O) groups excluding carboxylic acids is 2. The average molecular weight is 487 g/mol. The molecule has 2 N–H and O–H groups in total. The number of nitrogens with zero attached hydrogens (tertiary/aromatic N) is 2. The van der Waals surface area contributed by atoms with Crippen molar-refractivity contribution in [2.45, 2.75) is 56.2 Å². The second-order valence-corrected chi connectivity index (χ2v) is 12.0. The van der Waals surface area contributed by atoms with Gasteiger partial charge in [0, 0.05) is 12.1 Å². The van der Waals surface area contributed by atoms with E-state index in [0.29, 0.717) is 22.5 Å². The van der Waals surface area contributed by atoms with Gasteiger partial charge in [-0.2, -0.15) is 0 Å². The zero-order chi connectivity index (χ0) is 22.8. The van der Waals surface area contributed by atoms with Gasteiger partial charge in [0.15, 0.2) is 4.34 Å². The molecule has 0 atom stereocenters. The van der Waals surface area contributed by atoms with Gasteiger partial charge in [0.05, 0.1) is 12.4 Å². The number of aromatic nitrogens is 2. The van der Waals surface area contributed by atoms with E-state index >= 15 is 0 Å². The molecule has 1 heterocycles. The van der Waals surface area contributed by atoms with Gasteiger partial charge in [-0.25, -0.2) is 0 Å². The minimum Gasteiger partial charge on any atom is -0.494 e. The van der Waals surface area contributed by atoms with Crippen LogP contribution in [0.25, 0.3) is 0 Å². The lowest BCUT2D eigenvalue weighted by molar-refractivity contribution is -0.124. The van der Waals surface area contributed by atoms with E-state index in [9.17, 15) is 9.59 Å². The van der Waals surface area contributed by atoms with Crippen LogP contribution in [0, 0.1) is 23.2 Å². The Morgan fingerprint density at radius 2 is 1.70 bits per heavy atom. The highest BCUT2D eigenvalue weighted by Crippen LogP contribution is 2.61. The van der Waals surface area contributed by atoms with Crippen LogP contribution in [-0.4, -0.2) is 34.4 Å². The molecule has 4 fully saturated rings. The van der Waals surface area contributed by atoms with Crippen LogP contribution in [0.3, 0.4) is 0 Å². The summed E-state index contributed by atoms with van der Waals surface area (Å²) in [5.74, 6) is 3.44. The van der Waals surface area contributed by atoms with Crippen LogP contribution in [0.2, 0.25) is 0 Å². The van der Waals surface area contributed by atoms with Gasteiger partial charge in [0.2, 0.25) is 16.9 Å². The van der Waals surface area contributed by atoms with Gasteiger partial charge in [-0.05, 0) is 92.9 Å². The smallest absolute Gasteiger partial charge is 0.234 e. The normalized spacial score (nSPS) is 27.4. The molecule has 0 saturated heterocycles. The molecule has 176 valence electrons. The highest BCUT2D eigenvalue weighted by atomic mass is 32.2. The van der Waals surface area contributed by atoms with Crippen molar-refractivity contribution in [3.05, 3.63) is 24.3 Å². The molecule has 33 heavy (non-hydrogen) atoms. The maximum absolute atomic E-state index is 12.8. The van der Waals surface area contributed by atoms with Crippen molar-refractivity contribution in [3.8, 4) is 5.75 Å². The number of ether oxygens (including phenoxy) is 1. The van der Waals surface area contributed by atoms with Crippen LogP contribution < -0.4 is 15.4 Å². The summed E-state index contributed by atoms with van der Waals surface area (Å²) >= 11 is 2.64. The standard InChI is InChI=1S/C24H30N4O3S2/c1-2-31-19-5-3-18(4-6-19)25-21(30)14-32-23-28-27-22(33-23)26-20(29)13-24-10-15-7-16(11-24)9-17(8-15)12-24/h3-6,15-17H,2,7-14H2,1H3,(H,25,30)(H,26,27,29). The molecule has 0 aliphatic heterocycles. The summed E-state index contributed by atoms with van der Waals surface area (Å²) in [7, 11) is 0. The number of hydrogen-bond donors (Lipinski definition) is 2. The summed E-state index contributed by atoms with van der Waals surface area (Å²) < 4.78 is 6.08. The van der Waals surface area contributed by atoms with Crippen molar-refractivity contribution in [1.82, 2.24) is 10.2 Å². The predicted molar refractivity (Wildman–Crippen MR) is 131 cm³/mol. The van der Waals surface area contributed by atoms with Crippen LogP contribution >= 0.6 is 23.1 Å². The summed E-state index contributed by atoms with van der Waals surface area (Å²) in [4.78, 5) is 25.0. The highest BCUT2D eigenvalue weighted by Gasteiger charge is 2.51. The first-order valence-corrected chi connectivity index (χ1v) is 13.6. The molecular formula is C24H30N4O3S2. The highest BCUT2D eigenvalue weighted by molar-refractivity contribution is 8.01. The van der Waals surface area contributed by atoms with Gasteiger partial charge >= 0.3 is 0 Å². The molecule has 2 amide bonds. The molecule has 0 radical (unpaired) electrons. The summed E-state index contributed by atoms with van der Waals surface area (Å²) in [5, 5.41) is 14.6. The van der Waals surface area contributed by atoms with Crippen LogP contribution in [0.4, 0.5) is 10.8 Å². The number of benzene rings is 1. The topological polar surface area (TPSA) is 93.2 Å². The number of amides is 2. The first-order valence-electron chi connectivity index (χ1n) is 11.8. The Bertz CT molecular complexity index is 972. The minimum atomic E-state index is -0.119. The van der Waals surface area contributed by atoms with Crippen molar-refractivity contribution in [2.24, 2.45) is 23.2 Å². The second kappa shape index (κ2) is 9.62. The van der Waals surface area contributed by atoms with E-state index in [2.05, 4.69) is 20.8 Å². The van der Waals surface area contributed by atoms with Gasteiger partial charge in [0.1, 0.15) is 5.75 Å². The largest absolute Gasteiger partial charge is 0.494 e. The van der Waals surface area contributed by atoms with E-state index in [4.69, 9.17) is 4.74 Å². The third-order valence-corrected chi connectivity index (χ3v) is 9.10. The fourth-order valence-electron chi connectivity index (χ4n) is 6.45. The Morgan fingerprint density at radius 1 is 1.03 bits per heavy atom. The first kappa shape index (κ1) is 22.7. The lowest BCUT2D eigenvalue weighted by atomic mass is 9.49. The summed E-state index contributed by atoms with van der Waals surface area (Å²) in [6.45, 7) is 2.54. The zero-order valence-corrected chi connectivity index (χ0v) is 20.5. The van der Waals surface area contributed by atoms with E-state index < -0.39 is 0 Å². The van der Waals surface area contributed by atoms with Crippen molar-refractivity contribution in [2.75, 3.05) is 23.0 Å². The summed E-state index contributed by atoms with van der Waals surface area (Å²) in [6.07, 6.45) is 8.38. The number of carbonyl (C=O) groups is 2. The van der Waals surface area contributed by atoms with Crippen molar-refractivity contribution < 1.29 is 14.3 Å². The molecule has 4 aliphatic rings. The maximum Gasteiger partial charge on any atom is 0.234 e. The molecule has 6 rings (SSSR count). The Labute approximate surface area is 202 Å². The monoisotopic (exact) mass is 486 g/mol. The van der Waals surface area contributed by atoms with E-state index in [1.807, 2.05) is 31.2 Å². The van der Waals surface area contributed by atoms with Gasteiger partial charge < -0.3 is 15.4 Å². The fraction of sp³-hybridized carbons (Fsp3) is 0.583. The quantitative estimate of drug-likeness (QED) is 0.373. The predicted octanol–water partition coefficient (Wildman–Crippen LogP) is 5.21. The van der Waals surface area contributed by atoms with Crippen LogP contribution in [-0.2, 0) is 9.59 Å². The molecule has 2 aromatic rings. The van der Waals surface area contributed by atoms with Crippen LogP contribution in [0.5, 0.6) is 5.75 Å². The van der Waals surface area contributed by atoms with E-state index in [1.165, 1.54) is 61.6 Å². The molecule has 4 saturated carbocycles. The van der Waals surface area contributed by atoms with Crippen LogP contribution in [0.1, 0.15) is 51.9 Å². The zero-order valence-electron chi connectivity index (χ0n) is 18.8. The molecule has 0 unspecified atom stereocenters. The van der Waals surface area contributed by atoms with Crippen LogP contribution in [0.15, 0.2) is 28.6 Å². The van der Waals surface area contributed by atoms with Crippen molar-refractivity contribution in [1.29, 1.82) is 0 Å². The number of thioether (sulfide) groups is 1. The lowest BCUT2D eigenvalue weighted by Crippen LogP contribution is -2.47. The third kappa shape index (κ3) is 5.51. The number of rotatable bonds is 9. The maximum atomic E-state index is 12.8. The van der Waals surface area contributed by atoms with Gasteiger partial charge in [-0.15, -0.1) is 10.2 Å². The van der Waals surface area contributed by atoms with Gasteiger partial charge in [0.25, 0.3) is 0 Å². The Balaban J connectivity index is 1.08. The Kier molecular flexibility index (Phi) is 6.60. The second-order valence-electron chi connectivity index (χ2n) is 9.81. The molecule has 7 nitrogen and oxygen atoms in total. The average Bonchev–Trinajstić information content (AvgIpc) is 3.19. The molecular weight excluding hydrogens is 456 g/mol. The van der Waals surface area contributed by atoms with Gasteiger partial charge in [-0.3, -0.25) is 9.59 Å². The number of anilines is 2. The molecule has 4 aliphatic carbocycles.